The molecule has 0 amide bonds. The summed E-state index contributed by atoms with van der Waals surface area (Å²) in [4.78, 5) is 8.25. The minimum atomic E-state index is -1.75. The van der Waals surface area contributed by atoms with E-state index < -0.39 is 5.09 Å². The summed E-state index contributed by atoms with van der Waals surface area (Å²) in [5, 5.41) is 14.8. The summed E-state index contributed by atoms with van der Waals surface area (Å²) in [7, 11) is 0. The topological polar surface area (TPSA) is 103 Å². The second kappa shape index (κ2) is 8.83. The molecule has 33 valence electrons. The standard InChI is InChI=1S/Li.NO3.H3N/c;2-1(3)4;/h;;1H3/q;-1;/p+1. The van der Waals surface area contributed by atoms with Crippen molar-refractivity contribution in [2.24, 2.45) is 0 Å². The molecule has 5 nitrogen and oxygen atoms in total. The van der Waals surface area contributed by atoms with E-state index >= 15 is 0 Å². The van der Waals surface area contributed by atoms with E-state index in [-0.39, 0.29) is 25.0 Å². The van der Waals surface area contributed by atoms with Crippen molar-refractivity contribution >= 4 is 18.9 Å². The summed E-state index contributed by atoms with van der Waals surface area (Å²) in [6.45, 7) is 0. The first kappa shape index (κ1) is 17.1. The van der Waals surface area contributed by atoms with Crippen LogP contribution in [0.1, 0.15) is 0 Å². The second-order valence-electron chi connectivity index (χ2n) is 0.224. The van der Waals surface area contributed by atoms with Crippen LogP contribution in [0.5, 0.6) is 0 Å². The van der Waals surface area contributed by atoms with Gasteiger partial charge in [-0.25, -0.2) is 0 Å². The summed E-state index contributed by atoms with van der Waals surface area (Å²) >= 11 is 0. The molecule has 0 aliphatic rings. The van der Waals surface area contributed by atoms with Gasteiger partial charge < -0.3 is 21.5 Å². The Bertz CT molecular complexity index is 31.8. The predicted octanol–water partition coefficient (Wildman–Crippen LogP) is -0.244. The van der Waals surface area contributed by atoms with Crippen LogP contribution >= 0.6 is 0 Å². The van der Waals surface area contributed by atoms with E-state index in [2.05, 4.69) is 0 Å². The van der Waals surface area contributed by atoms with Crippen molar-refractivity contribution in [2.75, 3.05) is 0 Å². The van der Waals surface area contributed by atoms with E-state index in [9.17, 15) is 0 Å². The van der Waals surface area contributed by atoms with Gasteiger partial charge in [0.2, 0.25) is 0 Å². The Hall–Kier alpha value is -0.243. The van der Waals surface area contributed by atoms with Crippen LogP contribution in [-0.4, -0.2) is 23.9 Å². The van der Waals surface area contributed by atoms with Crippen LogP contribution in [0.4, 0.5) is 0 Å². The van der Waals surface area contributed by atoms with E-state index in [1.807, 2.05) is 0 Å². The maximum atomic E-state index is 8.25. The number of rotatable bonds is 0. The quantitative estimate of drug-likeness (QED) is 0.250. The first-order valence-corrected chi connectivity index (χ1v) is 0.548. The third-order valence-corrected chi connectivity index (χ3v) is 0. The number of hydrogen-bond acceptors (Lipinski definition) is 3. The minimum Gasteiger partial charge on any atom is -0.369 e. The van der Waals surface area contributed by atoms with Crippen molar-refractivity contribution in [3.05, 3.63) is 15.3 Å². The molecule has 0 heterocycles. The van der Waals surface area contributed by atoms with Crippen LogP contribution in [0.15, 0.2) is 0 Å². The molecule has 0 aliphatic carbocycles. The Kier molecular flexibility index (Phi) is 25.2. The zero-order valence-corrected chi connectivity index (χ0v) is 3.67. The SMILES string of the molecule is O=[N+]([O-])[O-].[Li].[NH4+]. The monoisotopic (exact) mass is 87.0 g/mol. The summed E-state index contributed by atoms with van der Waals surface area (Å²) in [6.07, 6.45) is 0. The van der Waals surface area contributed by atoms with Crippen molar-refractivity contribution in [1.29, 1.82) is 0 Å². The Balaban J connectivity index is -0.0000000450. The summed E-state index contributed by atoms with van der Waals surface area (Å²) in [5.74, 6) is 0. The molecule has 0 saturated heterocycles. The van der Waals surface area contributed by atoms with Crippen molar-refractivity contribution in [2.45, 2.75) is 0 Å². The van der Waals surface area contributed by atoms with Gasteiger partial charge in [-0.15, -0.1) is 0 Å². The van der Waals surface area contributed by atoms with Crippen LogP contribution in [0.3, 0.4) is 0 Å². The Labute approximate surface area is 46.2 Å². The fourth-order valence-electron chi connectivity index (χ4n) is 0. The summed E-state index contributed by atoms with van der Waals surface area (Å²) in [6, 6.07) is 0. The average Bonchev–Trinajstić information content (AvgIpc) is 0.811. The Morgan fingerprint density at radius 3 is 1.33 bits per heavy atom. The molecule has 0 unspecified atom stereocenters. The molecule has 0 aromatic rings. The second-order valence-corrected chi connectivity index (χ2v) is 0.224. The molecule has 0 aromatic carbocycles. The van der Waals surface area contributed by atoms with Gasteiger partial charge in [-0.05, 0) is 0 Å². The Morgan fingerprint density at radius 2 is 1.33 bits per heavy atom. The molecule has 0 aromatic heterocycles. The zero-order chi connectivity index (χ0) is 3.58. The number of nitrogens with zero attached hydrogens (tertiary/aromatic N) is 1. The summed E-state index contributed by atoms with van der Waals surface area (Å²) < 4.78 is 0. The largest absolute Gasteiger partial charge is 0.369 e. The van der Waals surface area contributed by atoms with Crippen molar-refractivity contribution in [3.63, 3.8) is 0 Å². The number of quaternary nitrogens is 1. The number of hydrogen-bond donors (Lipinski definition) is 1. The molecule has 0 fully saturated rings. The molecule has 0 rings (SSSR count). The van der Waals surface area contributed by atoms with Crippen LogP contribution in [0.2, 0.25) is 0 Å². The molecule has 4 N–H and O–H groups in total. The van der Waals surface area contributed by atoms with Crippen molar-refractivity contribution < 1.29 is 5.09 Å². The van der Waals surface area contributed by atoms with Gasteiger partial charge in [-0.1, -0.05) is 0 Å². The van der Waals surface area contributed by atoms with E-state index in [0.717, 1.165) is 0 Å². The molecule has 0 saturated carbocycles. The molecular weight excluding hydrogens is 83.0 g/mol. The molecule has 0 atom stereocenters. The normalized spacial score (nSPS) is 4.00. The molecule has 1 radical (unpaired) electrons. The van der Waals surface area contributed by atoms with E-state index in [4.69, 9.17) is 15.3 Å². The molecular formula is H4LiN2O3. The summed E-state index contributed by atoms with van der Waals surface area (Å²) in [5.41, 5.74) is 0. The average molecular weight is 87.0 g/mol. The van der Waals surface area contributed by atoms with Gasteiger partial charge in [-0.3, -0.25) is 0 Å². The fourth-order valence-corrected chi connectivity index (χ4v) is 0. The van der Waals surface area contributed by atoms with Gasteiger partial charge >= 0.3 is 0 Å². The minimum absolute atomic E-state index is 0. The molecule has 6 heteroatoms. The first-order valence-electron chi connectivity index (χ1n) is 0.548. The van der Waals surface area contributed by atoms with Gasteiger partial charge in [-0.2, -0.15) is 0 Å². The molecule has 0 spiro atoms. The van der Waals surface area contributed by atoms with E-state index in [1.165, 1.54) is 0 Å². The maximum absolute atomic E-state index is 8.25. The van der Waals surface area contributed by atoms with Gasteiger partial charge in [0.1, 0.15) is 0 Å². The van der Waals surface area contributed by atoms with Crippen LogP contribution < -0.4 is 6.15 Å². The smallest absolute Gasteiger partial charge is 0.0689 e. The van der Waals surface area contributed by atoms with Gasteiger partial charge in [0.15, 0.2) is 0 Å². The first-order chi connectivity index (χ1) is 1.73. The molecule has 0 bridgehead atoms. The zero-order valence-electron chi connectivity index (χ0n) is 3.67. The molecule has 6 heavy (non-hydrogen) atoms. The van der Waals surface area contributed by atoms with Crippen LogP contribution in [-0.2, 0) is 0 Å². The van der Waals surface area contributed by atoms with Crippen LogP contribution in [0, 0.1) is 15.3 Å². The van der Waals surface area contributed by atoms with E-state index in [1.54, 1.807) is 0 Å². The van der Waals surface area contributed by atoms with Gasteiger partial charge in [0, 0.05) is 18.9 Å². The fraction of sp³-hybridized carbons (Fsp3) is 0. The Morgan fingerprint density at radius 1 is 1.33 bits per heavy atom. The van der Waals surface area contributed by atoms with E-state index in [0.29, 0.717) is 0 Å². The van der Waals surface area contributed by atoms with Crippen molar-refractivity contribution in [3.8, 4) is 0 Å². The van der Waals surface area contributed by atoms with Crippen molar-refractivity contribution in [1.82, 2.24) is 6.15 Å². The maximum Gasteiger partial charge on any atom is 0.0689 e. The predicted molar refractivity (Wildman–Crippen MR) is 22.1 cm³/mol. The third-order valence-electron chi connectivity index (χ3n) is 0. The van der Waals surface area contributed by atoms with Gasteiger partial charge in [0.25, 0.3) is 0 Å². The van der Waals surface area contributed by atoms with Crippen LogP contribution in [0.25, 0.3) is 0 Å². The van der Waals surface area contributed by atoms with Gasteiger partial charge in [0.05, 0.1) is 5.09 Å². The molecule has 0 aliphatic heterocycles. The third kappa shape index (κ3) is 485.